The number of phosphoric acid groups is 1. The second-order valence-electron chi connectivity index (χ2n) is 9.95. The Labute approximate surface area is 243 Å². The number of aliphatic hydroxyl groups excluding tert-OH is 1. The Morgan fingerprint density at radius 3 is 2.08 bits per heavy atom. The minimum atomic E-state index is -4.33. The van der Waals surface area contributed by atoms with Gasteiger partial charge in [-0.1, -0.05) is 87.6 Å². The zero-order valence-corrected chi connectivity index (χ0v) is 25.9. The van der Waals surface area contributed by atoms with E-state index < -0.39 is 20.0 Å². The molecule has 0 bridgehead atoms. The van der Waals surface area contributed by atoms with Crippen LogP contribution in [0.4, 0.5) is 0 Å². The first-order chi connectivity index (χ1) is 19.4. The topological polar surface area (TPSA) is 131 Å². The summed E-state index contributed by atoms with van der Waals surface area (Å²) < 4.78 is 21.8. The highest BCUT2D eigenvalue weighted by Crippen LogP contribution is 2.43. The van der Waals surface area contributed by atoms with Gasteiger partial charge in [-0.2, -0.15) is 0 Å². The summed E-state index contributed by atoms with van der Waals surface area (Å²) in [5, 5.41) is 13.4. The zero-order chi connectivity index (χ0) is 29.7. The molecule has 0 aliphatic rings. The van der Waals surface area contributed by atoms with Gasteiger partial charge in [0.2, 0.25) is 5.91 Å². The van der Waals surface area contributed by atoms with Gasteiger partial charge in [0.25, 0.3) is 0 Å². The number of hydrogen-bond donors (Lipinski definition) is 4. The lowest BCUT2D eigenvalue weighted by Gasteiger charge is -2.23. The van der Waals surface area contributed by atoms with Crippen molar-refractivity contribution >= 4 is 13.7 Å². The Hall–Kier alpha value is -1.54. The fourth-order valence-corrected chi connectivity index (χ4v) is 4.63. The molecule has 0 radical (unpaired) electrons. The van der Waals surface area contributed by atoms with E-state index in [-0.39, 0.29) is 25.7 Å². The van der Waals surface area contributed by atoms with E-state index in [1.165, 1.54) is 25.7 Å². The first kappa shape index (κ1) is 38.5. The molecule has 0 saturated carbocycles. The fraction of sp³-hybridized carbons (Fsp3) is 0.710. The van der Waals surface area contributed by atoms with Crippen molar-refractivity contribution in [3.05, 3.63) is 48.6 Å². The van der Waals surface area contributed by atoms with Crippen LogP contribution in [0.2, 0.25) is 0 Å². The van der Waals surface area contributed by atoms with Crippen molar-refractivity contribution in [2.24, 2.45) is 5.73 Å². The Bertz CT molecular complexity index is 769. The van der Waals surface area contributed by atoms with Gasteiger partial charge in [0.1, 0.15) is 0 Å². The van der Waals surface area contributed by atoms with E-state index in [0.29, 0.717) is 6.42 Å². The third-order valence-corrected chi connectivity index (χ3v) is 7.18. The molecule has 0 fully saturated rings. The third kappa shape index (κ3) is 25.4. The first-order valence-corrected chi connectivity index (χ1v) is 16.7. The molecule has 0 saturated heterocycles. The number of nitrogens with one attached hydrogen (secondary N) is 1. The van der Waals surface area contributed by atoms with Crippen LogP contribution >= 0.6 is 7.82 Å². The number of nitrogens with two attached hydrogens (primary N) is 1. The highest BCUT2D eigenvalue weighted by atomic mass is 31.2. The van der Waals surface area contributed by atoms with Gasteiger partial charge in [0.15, 0.2) is 0 Å². The van der Waals surface area contributed by atoms with E-state index >= 15 is 0 Å². The van der Waals surface area contributed by atoms with Gasteiger partial charge < -0.3 is 21.1 Å². The Balaban J connectivity index is 4.52. The lowest BCUT2D eigenvalue weighted by atomic mass is 10.1. The average Bonchev–Trinajstić information content (AvgIpc) is 2.93. The molecule has 0 aromatic rings. The summed E-state index contributed by atoms with van der Waals surface area (Å²) in [6.07, 6.45) is 30.4. The molecule has 3 unspecified atom stereocenters. The second-order valence-corrected chi connectivity index (χ2v) is 11.4. The molecule has 8 nitrogen and oxygen atoms in total. The summed E-state index contributed by atoms with van der Waals surface area (Å²) in [5.41, 5.74) is 5.31. The van der Waals surface area contributed by atoms with Crippen molar-refractivity contribution in [1.29, 1.82) is 0 Å². The number of phosphoric ester groups is 1. The van der Waals surface area contributed by atoms with E-state index in [2.05, 4.69) is 42.6 Å². The summed E-state index contributed by atoms with van der Waals surface area (Å²) in [6.45, 7) is 3.79. The van der Waals surface area contributed by atoms with Crippen LogP contribution in [0, 0.1) is 0 Å². The second kappa shape index (κ2) is 27.6. The van der Waals surface area contributed by atoms with Crippen LogP contribution in [0.1, 0.15) is 110 Å². The van der Waals surface area contributed by atoms with Crippen molar-refractivity contribution in [2.75, 3.05) is 19.8 Å². The molecule has 0 aromatic heterocycles. The number of carbonyl (C=O) groups is 1. The maximum Gasteiger partial charge on any atom is 0.472 e. The van der Waals surface area contributed by atoms with Crippen molar-refractivity contribution in [3.63, 3.8) is 0 Å². The van der Waals surface area contributed by atoms with E-state index in [9.17, 15) is 19.4 Å². The quantitative estimate of drug-likeness (QED) is 0.0463. The zero-order valence-electron chi connectivity index (χ0n) is 25.1. The molecule has 232 valence electrons. The van der Waals surface area contributed by atoms with E-state index in [1.807, 2.05) is 19.1 Å². The Morgan fingerprint density at radius 2 is 1.43 bits per heavy atom. The monoisotopic (exact) mass is 584 g/mol. The summed E-state index contributed by atoms with van der Waals surface area (Å²) in [4.78, 5) is 22.4. The fourth-order valence-electron chi connectivity index (χ4n) is 3.87. The summed E-state index contributed by atoms with van der Waals surface area (Å²) in [6, 6.07) is -0.883. The lowest BCUT2D eigenvalue weighted by molar-refractivity contribution is -0.123. The molecule has 0 aromatic carbocycles. The van der Waals surface area contributed by atoms with Crippen LogP contribution in [0.15, 0.2) is 48.6 Å². The summed E-state index contributed by atoms with van der Waals surface area (Å²) in [5.74, 6) is -0.226. The van der Waals surface area contributed by atoms with Gasteiger partial charge in [0.05, 0.1) is 25.4 Å². The molecule has 0 spiro atoms. The number of rotatable bonds is 27. The van der Waals surface area contributed by atoms with Gasteiger partial charge in [-0.15, -0.1) is 0 Å². The smallest absolute Gasteiger partial charge is 0.387 e. The molecular weight excluding hydrogens is 527 g/mol. The highest BCUT2D eigenvalue weighted by Gasteiger charge is 2.26. The van der Waals surface area contributed by atoms with Crippen LogP contribution in [-0.4, -0.2) is 47.8 Å². The molecule has 3 atom stereocenters. The van der Waals surface area contributed by atoms with Gasteiger partial charge in [-0.05, 0) is 64.7 Å². The number of hydrogen-bond acceptors (Lipinski definition) is 6. The van der Waals surface area contributed by atoms with E-state index in [0.717, 1.165) is 64.2 Å². The Morgan fingerprint density at radius 1 is 0.850 bits per heavy atom. The van der Waals surface area contributed by atoms with Crippen molar-refractivity contribution in [2.45, 2.75) is 122 Å². The van der Waals surface area contributed by atoms with Crippen LogP contribution in [0.25, 0.3) is 0 Å². The summed E-state index contributed by atoms with van der Waals surface area (Å²) in [7, 11) is -4.33. The van der Waals surface area contributed by atoms with Crippen molar-refractivity contribution in [1.82, 2.24) is 5.32 Å². The average molecular weight is 585 g/mol. The standard InChI is InChI=1S/C31H57N2O6P/c1-3-5-7-9-11-13-14-15-17-19-21-23-25-31(35)33-29(28-39-40(36,37)38-27-26-32)30(34)24-22-20-18-16-12-10-8-6-4-2/h4,6,11-13,16,22,24,29-30,34H,3,5,7-10,14-15,17-21,23,25-28,32H2,1-2H3,(H,33,35)(H,36,37)/b6-4+,13-11-,16-12+,24-22+. The number of aliphatic hydroxyl groups is 1. The highest BCUT2D eigenvalue weighted by molar-refractivity contribution is 7.47. The molecule has 40 heavy (non-hydrogen) atoms. The number of carbonyl (C=O) groups excluding carboxylic acids is 1. The van der Waals surface area contributed by atoms with Crippen LogP contribution in [-0.2, 0) is 18.4 Å². The number of allylic oxidation sites excluding steroid dienone is 7. The minimum Gasteiger partial charge on any atom is -0.387 e. The van der Waals surface area contributed by atoms with Crippen molar-refractivity contribution in [3.8, 4) is 0 Å². The first-order valence-electron chi connectivity index (χ1n) is 15.2. The summed E-state index contributed by atoms with van der Waals surface area (Å²) >= 11 is 0. The third-order valence-electron chi connectivity index (χ3n) is 6.20. The maximum atomic E-state index is 12.6. The molecule has 0 heterocycles. The maximum absolute atomic E-state index is 12.6. The van der Waals surface area contributed by atoms with Crippen LogP contribution in [0.3, 0.4) is 0 Å². The van der Waals surface area contributed by atoms with E-state index in [1.54, 1.807) is 6.08 Å². The molecule has 0 rings (SSSR count). The molecule has 0 aliphatic carbocycles. The lowest BCUT2D eigenvalue weighted by Crippen LogP contribution is -2.45. The minimum absolute atomic E-state index is 0.0684. The molecule has 9 heteroatoms. The predicted octanol–water partition coefficient (Wildman–Crippen LogP) is 7.04. The van der Waals surface area contributed by atoms with Gasteiger partial charge in [-0.3, -0.25) is 13.8 Å². The SMILES string of the molecule is C/C=C/CC/C=C/CC/C=C/C(O)C(COP(=O)(O)OCCN)NC(=O)CCCCCCC/C=C\CCCCC. The molecule has 0 aliphatic heterocycles. The van der Waals surface area contributed by atoms with Gasteiger partial charge in [-0.25, -0.2) is 4.57 Å². The number of amides is 1. The van der Waals surface area contributed by atoms with Crippen LogP contribution in [0.5, 0.6) is 0 Å². The Kier molecular flexibility index (Phi) is 26.6. The van der Waals surface area contributed by atoms with Crippen LogP contribution < -0.4 is 11.1 Å². The van der Waals surface area contributed by atoms with Gasteiger partial charge >= 0.3 is 7.82 Å². The largest absolute Gasteiger partial charge is 0.472 e. The molecular formula is C31H57N2O6P. The number of unbranched alkanes of at least 4 members (excludes halogenated alkanes) is 10. The molecule has 5 N–H and O–H groups in total. The van der Waals surface area contributed by atoms with Crippen molar-refractivity contribution < 1.29 is 28.4 Å². The van der Waals surface area contributed by atoms with E-state index in [4.69, 9.17) is 14.8 Å². The predicted molar refractivity (Wildman–Crippen MR) is 166 cm³/mol. The normalized spacial score (nSPS) is 15.4. The molecule has 1 amide bonds. The van der Waals surface area contributed by atoms with Gasteiger partial charge in [0, 0.05) is 13.0 Å².